The molecule has 2 aromatic carbocycles. The predicted octanol–water partition coefficient (Wildman–Crippen LogP) is 3.48. The van der Waals surface area contributed by atoms with Crippen LogP contribution in [-0.2, 0) is 6.54 Å². The molecule has 2 heterocycles. The van der Waals surface area contributed by atoms with Crippen LogP contribution in [0.25, 0.3) is 10.8 Å². The lowest BCUT2D eigenvalue weighted by atomic mass is 9.96. The number of carbonyl (C=O) groups excluding carboxylic acids is 1. The molecule has 0 aromatic heterocycles. The molecule has 154 valence electrons. The van der Waals surface area contributed by atoms with Gasteiger partial charge in [0.15, 0.2) is 6.73 Å². The van der Waals surface area contributed by atoms with Crippen LogP contribution in [0.1, 0.15) is 48.0 Å². The standard InChI is InChI=1S/C23H27FN2O3/c24-16-8-10-25(11-9-16)13-15-12-19-22(18-5-2-1-4-17(15)18)29-14-26(23(19)28)20-6-3-7-21(20)27/h1-2,4-5,12,16,20-21,27H,3,6-11,13-14H2. The maximum atomic E-state index is 13.5. The van der Waals surface area contributed by atoms with Crippen LogP contribution in [0.4, 0.5) is 4.39 Å². The molecule has 1 saturated carbocycles. The largest absolute Gasteiger partial charge is 0.472 e. The van der Waals surface area contributed by atoms with Crippen LogP contribution in [0.15, 0.2) is 30.3 Å². The molecule has 2 fully saturated rings. The van der Waals surface area contributed by atoms with Crippen LogP contribution >= 0.6 is 0 Å². The average Bonchev–Trinajstić information content (AvgIpc) is 3.16. The van der Waals surface area contributed by atoms with Crippen molar-refractivity contribution >= 4 is 16.7 Å². The van der Waals surface area contributed by atoms with E-state index in [4.69, 9.17) is 4.74 Å². The molecule has 0 radical (unpaired) electrons. The van der Waals surface area contributed by atoms with Crippen LogP contribution in [0, 0.1) is 0 Å². The van der Waals surface area contributed by atoms with Gasteiger partial charge in [0.1, 0.15) is 11.9 Å². The van der Waals surface area contributed by atoms with E-state index in [-0.39, 0.29) is 18.7 Å². The van der Waals surface area contributed by atoms with Gasteiger partial charge in [-0.05, 0) is 49.1 Å². The Kier molecular flexibility index (Phi) is 4.92. The van der Waals surface area contributed by atoms with Gasteiger partial charge in [-0.1, -0.05) is 24.3 Å². The topological polar surface area (TPSA) is 53.0 Å². The van der Waals surface area contributed by atoms with Crippen LogP contribution < -0.4 is 4.74 Å². The van der Waals surface area contributed by atoms with E-state index >= 15 is 0 Å². The lowest BCUT2D eigenvalue weighted by Crippen LogP contribution is -2.48. The first-order valence-electron chi connectivity index (χ1n) is 10.6. The fourth-order valence-electron chi connectivity index (χ4n) is 5.05. The molecule has 0 spiro atoms. The summed E-state index contributed by atoms with van der Waals surface area (Å²) in [6.07, 6.45) is 2.42. The first-order chi connectivity index (χ1) is 14.1. The molecule has 1 saturated heterocycles. The van der Waals surface area contributed by atoms with Crippen LogP contribution in [0.5, 0.6) is 5.75 Å². The number of rotatable bonds is 3. The second kappa shape index (κ2) is 7.58. The van der Waals surface area contributed by atoms with E-state index in [1.54, 1.807) is 4.90 Å². The van der Waals surface area contributed by atoms with Crippen molar-refractivity contribution in [2.75, 3.05) is 19.8 Å². The number of likely N-dealkylation sites (tertiary alicyclic amines) is 1. The van der Waals surface area contributed by atoms with Gasteiger partial charge < -0.3 is 9.84 Å². The highest BCUT2D eigenvalue weighted by Gasteiger charge is 2.38. The normalized spacial score (nSPS) is 26.0. The number of fused-ring (bicyclic) bond motifs is 3. The number of carbonyl (C=O) groups is 1. The van der Waals surface area contributed by atoms with Gasteiger partial charge in [0.05, 0.1) is 17.7 Å². The number of halogens is 1. The number of aliphatic hydroxyl groups is 1. The summed E-state index contributed by atoms with van der Waals surface area (Å²) < 4.78 is 19.6. The summed E-state index contributed by atoms with van der Waals surface area (Å²) in [6, 6.07) is 9.80. The molecular weight excluding hydrogens is 371 g/mol. The third-order valence-corrected chi connectivity index (χ3v) is 6.68. The zero-order valence-electron chi connectivity index (χ0n) is 16.5. The predicted molar refractivity (Wildman–Crippen MR) is 109 cm³/mol. The van der Waals surface area contributed by atoms with Gasteiger partial charge in [-0.15, -0.1) is 0 Å². The summed E-state index contributed by atoms with van der Waals surface area (Å²) >= 11 is 0. The highest BCUT2D eigenvalue weighted by Crippen LogP contribution is 2.38. The molecule has 1 aliphatic carbocycles. The zero-order chi connectivity index (χ0) is 20.0. The number of hydrogen-bond acceptors (Lipinski definition) is 4. The average molecular weight is 398 g/mol. The van der Waals surface area contributed by atoms with Crippen molar-refractivity contribution in [3.05, 3.63) is 41.5 Å². The van der Waals surface area contributed by atoms with Crippen molar-refractivity contribution in [2.24, 2.45) is 0 Å². The first-order valence-corrected chi connectivity index (χ1v) is 10.6. The SMILES string of the molecule is O=C1c2cc(CN3CCC(F)CC3)c3ccccc3c2OCN1C1CCCC1O. The third-order valence-electron chi connectivity index (χ3n) is 6.68. The van der Waals surface area contributed by atoms with Crippen LogP contribution in [0.3, 0.4) is 0 Å². The van der Waals surface area contributed by atoms with Gasteiger partial charge in [-0.2, -0.15) is 0 Å². The second-order valence-electron chi connectivity index (χ2n) is 8.52. The highest BCUT2D eigenvalue weighted by molar-refractivity contribution is 6.06. The monoisotopic (exact) mass is 398 g/mol. The molecular formula is C23H27FN2O3. The second-order valence-corrected chi connectivity index (χ2v) is 8.52. The molecule has 2 unspecified atom stereocenters. The number of benzene rings is 2. The summed E-state index contributed by atoms with van der Waals surface area (Å²) in [4.78, 5) is 17.3. The third kappa shape index (κ3) is 3.38. The van der Waals surface area contributed by atoms with Crippen molar-refractivity contribution in [1.82, 2.24) is 9.80 Å². The Bertz CT molecular complexity index is 926. The van der Waals surface area contributed by atoms with Crippen molar-refractivity contribution in [3.63, 3.8) is 0 Å². The Balaban J connectivity index is 1.51. The number of aliphatic hydroxyl groups excluding tert-OH is 1. The lowest BCUT2D eigenvalue weighted by Gasteiger charge is -2.36. The number of amides is 1. The highest BCUT2D eigenvalue weighted by atomic mass is 19.1. The number of alkyl halides is 1. The lowest BCUT2D eigenvalue weighted by molar-refractivity contribution is 0.0132. The minimum atomic E-state index is -0.701. The number of hydrogen-bond donors (Lipinski definition) is 1. The number of nitrogens with zero attached hydrogens (tertiary/aromatic N) is 2. The zero-order valence-corrected chi connectivity index (χ0v) is 16.5. The summed E-state index contributed by atoms with van der Waals surface area (Å²) in [5, 5.41) is 12.3. The van der Waals surface area contributed by atoms with Gasteiger partial charge in [0.2, 0.25) is 0 Å². The van der Waals surface area contributed by atoms with Crippen molar-refractivity contribution < 1.29 is 19.0 Å². The summed E-state index contributed by atoms with van der Waals surface area (Å²) in [7, 11) is 0. The first kappa shape index (κ1) is 18.8. The maximum absolute atomic E-state index is 13.5. The maximum Gasteiger partial charge on any atom is 0.260 e. The molecule has 2 atom stereocenters. The van der Waals surface area contributed by atoms with Gasteiger partial charge in [-0.25, -0.2) is 4.39 Å². The van der Waals surface area contributed by atoms with E-state index in [9.17, 15) is 14.3 Å². The minimum absolute atomic E-state index is 0.0633. The molecule has 5 rings (SSSR count). The Labute approximate surface area is 170 Å². The van der Waals surface area contributed by atoms with Crippen molar-refractivity contribution in [3.8, 4) is 5.75 Å². The van der Waals surface area contributed by atoms with Crippen LogP contribution in [-0.4, -0.2) is 59.0 Å². The molecule has 29 heavy (non-hydrogen) atoms. The molecule has 1 N–H and O–H groups in total. The van der Waals surface area contributed by atoms with E-state index in [2.05, 4.69) is 11.0 Å². The van der Waals surface area contributed by atoms with Gasteiger partial charge >= 0.3 is 0 Å². The molecule has 6 heteroatoms. The number of ether oxygens (including phenoxy) is 1. The van der Waals surface area contributed by atoms with E-state index in [1.807, 2.05) is 24.3 Å². The number of piperidine rings is 1. The molecule has 0 bridgehead atoms. The Morgan fingerprint density at radius 3 is 2.59 bits per heavy atom. The summed E-state index contributed by atoms with van der Waals surface area (Å²) in [5.74, 6) is 0.576. The van der Waals surface area contributed by atoms with E-state index < -0.39 is 12.3 Å². The van der Waals surface area contributed by atoms with Crippen molar-refractivity contribution in [2.45, 2.75) is 57.0 Å². The molecule has 5 nitrogen and oxygen atoms in total. The fraction of sp³-hybridized carbons (Fsp3) is 0.522. The van der Waals surface area contributed by atoms with E-state index in [1.165, 1.54) is 0 Å². The van der Waals surface area contributed by atoms with Crippen molar-refractivity contribution in [1.29, 1.82) is 0 Å². The minimum Gasteiger partial charge on any atom is -0.472 e. The fourth-order valence-corrected chi connectivity index (χ4v) is 5.05. The van der Waals surface area contributed by atoms with Gasteiger partial charge in [-0.3, -0.25) is 14.6 Å². The summed E-state index contributed by atoms with van der Waals surface area (Å²) in [5.41, 5.74) is 1.65. The van der Waals surface area contributed by atoms with E-state index in [0.29, 0.717) is 30.7 Å². The molecule has 1 amide bonds. The Hall–Kier alpha value is -2.18. The Morgan fingerprint density at radius 2 is 1.86 bits per heavy atom. The smallest absolute Gasteiger partial charge is 0.260 e. The summed E-state index contributed by atoms with van der Waals surface area (Å²) in [6.45, 7) is 2.34. The van der Waals surface area contributed by atoms with Gasteiger partial charge in [0, 0.05) is 25.0 Å². The van der Waals surface area contributed by atoms with Gasteiger partial charge in [0.25, 0.3) is 5.91 Å². The quantitative estimate of drug-likeness (QED) is 0.860. The molecule has 2 aromatic rings. The molecule has 2 aliphatic heterocycles. The van der Waals surface area contributed by atoms with Crippen LogP contribution in [0.2, 0.25) is 0 Å². The Morgan fingerprint density at radius 1 is 1.10 bits per heavy atom. The molecule has 3 aliphatic rings. The van der Waals surface area contributed by atoms with E-state index in [0.717, 1.165) is 48.7 Å².